The van der Waals surface area contributed by atoms with Crippen LogP contribution in [-0.2, 0) is 6.18 Å². The summed E-state index contributed by atoms with van der Waals surface area (Å²) in [5.41, 5.74) is -0.864. The topological polar surface area (TPSA) is 26.8 Å². The Morgan fingerprint density at radius 1 is 1.32 bits per heavy atom. The Hall–Kier alpha value is -0.900. The monoisotopic (exact) mass is 377 g/mol. The van der Waals surface area contributed by atoms with Crippen molar-refractivity contribution in [3.63, 3.8) is 0 Å². The summed E-state index contributed by atoms with van der Waals surface area (Å²) >= 11 is 12.6. The number of halogens is 6. The number of amides is 2. The van der Waals surface area contributed by atoms with Crippen molar-refractivity contribution in [1.82, 2.24) is 9.76 Å². The number of hydrazine groups is 1. The zero-order valence-corrected chi connectivity index (χ0v) is 13.5. The van der Waals surface area contributed by atoms with Gasteiger partial charge in [-0.1, -0.05) is 25.8 Å². The molecule has 1 heterocycles. The van der Waals surface area contributed by atoms with Gasteiger partial charge in [-0.2, -0.15) is 13.2 Å². The van der Waals surface area contributed by atoms with E-state index in [1.165, 1.54) is 13.2 Å². The van der Waals surface area contributed by atoms with Crippen LogP contribution in [0.15, 0.2) is 23.1 Å². The zero-order chi connectivity index (χ0) is 16.9. The van der Waals surface area contributed by atoms with Gasteiger partial charge in [0, 0.05) is 16.7 Å². The molecule has 0 spiro atoms. The minimum atomic E-state index is -4.53. The smallest absolute Gasteiger partial charge is 0.255 e. The number of hydrogen-bond donors (Lipinski definition) is 0. The molecule has 1 aliphatic heterocycles. The second-order valence-corrected chi connectivity index (χ2v) is 6.31. The summed E-state index contributed by atoms with van der Waals surface area (Å²) in [6.07, 6.45) is -3.01. The summed E-state index contributed by atoms with van der Waals surface area (Å²) in [5, 5.41) is -2.23. The van der Waals surface area contributed by atoms with E-state index in [4.69, 9.17) is 23.4 Å². The van der Waals surface area contributed by atoms with Gasteiger partial charge < -0.3 is 0 Å². The summed E-state index contributed by atoms with van der Waals surface area (Å²) < 4.78 is 52.2. The van der Waals surface area contributed by atoms with Crippen molar-refractivity contribution < 1.29 is 22.4 Å². The van der Waals surface area contributed by atoms with Crippen molar-refractivity contribution in [1.29, 1.82) is 0 Å². The molecule has 1 aromatic carbocycles. The van der Waals surface area contributed by atoms with Crippen molar-refractivity contribution in [3.05, 3.63) is 23.8 Å². The van der Waals surface area contributed by atoms with E-state index in [-0.39, 0.29) is 10.6 Å². The summed E-state index contributed by atoms with van der Waals surface area (Å²) in [6, 6.07) is 1.49. The fraction of sp³-hybridized carbons (Fsp3) is 0.364. The van der Waals surface area contributed by atoms with Crippen LogP contribution in [-0.4, -0.2) is 27.2 Å². The number of nitrogens with zero attached hydrogens (tertiary/aromatic N) is 3. The molecular weight excluding hydrogens is 369 g/mol. The first-order valence-electron chi connectivity index (χ1n) is 5.72. The molecule has 0 aliphatic carbocycles. The molecule has 1 atom stereocenters. The minimum absolute atomic E-state index is 0.0220. The van der Waals surface area contributed by atoms with E-state index in [0.717, 1.165) is 34.9 Å². The molecule has 22 heavy (non-hydrogen) atoms. The van der Waals surface area contributed by atoms with E-state index in [0.29, 0.717) is 4.53 Å². The van der Waals surface area contributed by atoms with Gasteiger partial charge in [0.25, 0.3) is 0 Å². The molecule has 0 saturated carbocycles. The van der Waals surface area contributed by atoms with Gasteiger partial charge in [0.15, 0.2) is 0 Å². The van der Waals surface area contributed by atoms with Crippen LogP contribution >= 0.6 is 35.1 Å². The van der Waals surface area contributed by atoms with Gasteiger partial charge in [-0.15, -0.1) is 11.8 Å². The highest BCUT2D eigenvalue weighted by molar-refractivity contribution is 7.98. The molecule has 122 valence electrons. The van der Waals surface area contributed by atoms with Gasteiger partial charge in [0.1, 0.15) is 0 Å². The molecule has 4 nitrogen and oxygen atoms in total. The highest BCUT2D eigenvalue weighted by Crippen LogP contribution is 2.44. The number of urea groups is 1. The Labute approximate surface area is 137 Å². The largest absolute Gasteiger partial charge is 0.416 e. The van der Waals surface area contributed by atoms with Crippen molar-refractivity contribution >= 4 is 46.9 Å². The van der Waals surface area contributed by atoms with Crippen molar-refractivity contribution in [2.45, 2.75) is 23.1 Å². The lowest BCUT2D eigenvalue weighted by atomic mass is 10.2. The van der Waals surface area contributed by atoms with Crippen LogP contribution in [0.1, 0.15) is 12.5 Å². The number of hydrogen-bond acceptors (Lipinski definition) is 3. The maximum atomic E-state index is 13.6. The first kappa shape index (κ1) is 17.5. The number of anilines is 1. The molecule has 11 heteroatoms. The van der Waals surface area contributed by atoms with E-state index < -0.39 is 28.1 Å². The van der Waals surface area contributed by atoms with Crippen LogP contribution in [0, 0.1) is 0 Å². The van der Waals surface area contributed by atoms with Gasteiger partial charge in [0.05, 0.1) is 11.3 Å². The Morgan fingerprint density at radius 2 is 1.91 bits per heavy atom. The fourth-order valence-corrected chi connectivity index (χ4v) is 2.92. The highest BCUT2D eigenvalue weighted by atomic mass is 35.5. The van der Waals surface area contributed by atoms with Gasteiger partial charge in [0.2, 0.25) is 5.12 Å². The molecule has 1 aliphatic rings. The van der Waals surface area contributed by atoms with E-state index in [2.05, 4.69) is 0 Å². The lowest BCUT2D eigenvalue weighted by molar-refractivity contribution is -0.137. The number of rotatable bonds is 2. The number of alkyl halides is 4. The third-order valence-corrected chi connectivity index (χ3v) is 4.64. The van der Waals surface area contributed by atoms with E-state index in [9.17, 15) is 22.4 Å². The fourth-order valence-electron chi connectivity index (χ4n) is 1.94. The molecule has 2 amide bonds. The van der Waals surface area contributed by atoms with Gasteiger partial charge in [-0.3, -0.25) is 4.90 Å². The quantitative estimate of drug-likeness (QED) is 0.242. The molecule has 1 fully saturated rings. The van der Waals surface area contributed by atoms with Crippen molar-refractivity contribution in [2.75, 3.05) is 11.2 Å². The number of carbonyl (C=O) groups excluding carboxylic acids is 1. The SMILES string of the molecule is CSc1cc(C(F)(F)F)ccc1N1C(=O)N(F)N(Cl)C1(C)Cl. The Balaban J connectivity index is 2.55. The van der Waals surface area contributed by atoms with Gasteiger partial charge >= 0.3 is 12.2 Å². The van der Waals surface area contributed by atoms with Crippen LogP contribution < -0.4 is 4.90 Å². The second-order valence-electron chi connectivity index (χ2n) is 4.43. The molecule has 0 radical (unpaired) electrons. The minimum Gasteiger partial charge on any atom is -0.255 e. The molecule has 2 rings (SSSR count). The lowest BCUT2D eigenvalue weighted by Gasteiger charge is -2.30. The van der Waals surface area contributed by atoms with Gasteiger partial charge in [-0.25, -0.2) is 4.79 Å². The zero-order valence-electron chi connectivity index (χ0n) is 11.2. The first-order valence-corrected chi connectivity index (χ1v) is 7.66. The maximum absolute atomic E-state index is 13.6. The molecule has 0 aromatic heterocycles. The van der Waals surface area contributed by atoms with E-state index >= 15 is 0 Å². The van der Waals surface area contributed by atoms with Crippen LogP contribution in [0.3, 0.4) is 0 Å². The standard InChI is InChI=1S/C11H9Cl2F4N3OS/c1-10(12)18(9(21)19(17)20(10)13)7-4-3-6(11(14,15)16)5-8(7)22-2/h3-5H,1-2H3. The molecule has 1 unspecified atom stereocenters. The summed E-state index contributed by atoms with van der Waals surface area (Å²) in [7, 11) is 0. The molecule has 0 N–H and O–H groups in total. The molecule has 1 saturated heterocycles. The summed E-state index contributed by atoms with van der Waals surface area (Å²) in [5.74, 6) is 0. The predicted molar refractivity (Wildman–Crippen MR) is 76.0 cm³/mol. The summed E-state index contributed by atoms with van der Waals surface area (Å²) in [4.78, 5) is 12.8. The first-order chi connectivity index (χ1) is 10.0. The average molecular weight is 378 g/mol. The number of thioether (sulfide) groups is 1. The van der Waals surface area contributed by atoms with Crippen LogP contribution in [0.25, 0.3) is 0 Å². The Morgan fingerprint density at radius 3 is 2.32 bits per heavy atom. The molecule has 1 aromatic rings. The molecular formula is C11H9Cl2F4N3OS. The Kier molecular flexibility index (Phi) is 4.46. The van der Waals surface area contributed by atoms with Gasteiger partial charge in [-0.05, 0) is 31.4 Å². The third-order valence-electron chi connectivity index (χ3n) is 3.00. The summed E-state index contributed by atoms with van der Waals surface area (Å²) in [6.45, 7) is 1.24. The number of carbonyl (C=O) groups is 1. The second kappa shape index (κ2) is 5.63. The highest BCUT2D eigenvalue weighted by Gasteiger charge is 2.54. The van der Waals surface area contributed by atoms with Crippen LogP contribution in [0.5, 0.6) is 0 Å². The molecule has 0 bridgehead atoms. The van der Waals surface area contributed by atoms with Crippen LogP contribution in [0.2, 0.25) is 0 Å². The third kappa shape index (κ3) is 2.70. The number of benzene rings is 1. The van der Waals surface area contributed by atoms with Crippen molar-refractivity contribution in [3.8, 4) is 0 Å². The van der Waals surface area contributed by atoms with Crippen molar-refractivity contribution in [2.24, 2.45) is 0 Å². The Bertz CT molecular complexity index is 613. The van der Waals surface area contributed by atoms with E-state index in [1.807, 2.05) is 0 Å². The maximum Gasteiger partial charge on any atom is 0.416 e. The van der Waals surface area contributed by atoms with E-state index in [1.54, 1.807) is 0 Å². The van der Waals surface area contributed by atoms with Crippen LogP contribution in [0.4, 0.5) is 28.1 Å². The normalized spacial score (nSPS) is 23.5. The predicted octanol–water partition coefficient (Wildman–Crippen LogP) is 4.84. The lowest BCUT2D eigenvalue weighted by Crippen LogP contribution is -2.44. The average Bonchev–Trinajstić information content (AvgIpc) is 2.58.